The average molecular weight is 719 g/mol. The number of allylic oxidation sites excluding steroid dienone is 4. The van der Waals surface area contributed by atoms with Crippen LogP contribution in [0.25, 0.3) is 100 Å². The molecule has 0 saturated heterocycles. The van der Waals surface area contributed by atoms with Crippen molar-refractivity contribution in [3.63, 3.8) is 0 Å². The van der Waals surface area contributed by atoms with E-state index in [9.17, 15) is 0 Å². The molecule has 0 saturated carbocycles. The Hall–Kier alpha value is -7.44. The standard InChI is InChI=1S/C50H34N6/c1-4-14-33(15-5-1)34-24-26-36(27-25-34)49-52-48(35-16-6-2-7-17-35)53-50(54-49)37-28-29-47(51-32-37)56-44-23-13-11-21-40(44)42-30-41-39-20-10-12-22-43(39)55(45(41)31-46(42)56)38-18-8-3-9-19-38/h1-2,4-8,10-32H,3,9H2. The second kappa shape index (κ2) is 13.1. The highest BCUT2D eigenvalue weighted by atomic mass is 15.1. The van der Waals surface area contributed by atoms with Gasteiger partial charge in [-0.05, 0) is 66.4 Å². The summed E-state index contributed by atoms with van der Waals surface area (Å²) in [5.41, 5.74) is 10.8. The molecule has 4 heterocycles. The van der Waals surface area contributed by atoms with Crippen molar-refractivity contribution in [2.24, 2.45) is 0 Å². The lowest BCUT2D eigenvalue weighted by molar-refractivity contribution is 1.02. The minimum Gasteiger partial charge on any atom is -0.310 e. The number of benzene rings is 6. The molecule has 0 amide bonds. The Morgan fingerprint density at radius 3 is 1.54 bits per heavy atom. The van der Waals surface area contributed by atoms with E-state index in [0.717, 1.165) is 51.9 Å². The van der Waals surface area contributed by atoms with Gasteiger partial charge in [-0.3, -0.25) is 4.57 Å². The lowest BCUT2D eigenvalue weighted by atomic mass is 10.0. The molecule has 56 heavy (non-hydrogen) atoms. The second-order valence-corrected chi connectivity index (χ2v) is 14.2. The monoisotopic (exact) mass is 718 g/mol. The third-order valence-corrected chi connectivity index (χ3v) is 10.9. The van der Waals surface area contributed by atoms with Crippen LogP contribution in [0, 0.1) is 0 Å². The van der Waals surface area contributed by atoms with Crippen LogP contribution < -0.4 is 0 Å². The number of pyridine rings is 1. The van der Waals surface area contributed by atoms with E-state index in [0.29, 0.717) is 17.5 Å². The summed E-state index contributed by atoms with van der Waals surface area (Å²) in [4.78, 5) is 20.1. The molecule has 6 heteroatoms. The molecular weight excluding hydrogens is 685 g/mol. The highest BCUT2D eigenvalue weighted by Crippen LogP contribution is 2.40. The van der Waals surface area contributed by atoms with Gasteiger partial charge in [-0.2, -0.15) is 0 Å². The fourth-order valence-corrected chi connectivity index (χ4v) is 8.16. The van der Waals surface area contributed by atoms with Gasteiger partial charge in [-0.25, -0.2) is 19.9 Å². The van der Waals surface area contributed by atoms with Crippen molar-refractivity contribution in [1.82, 2.24) is 29.1 Å². The van der Waals surface area contributed by atoms with Crippen LogP contribution in [0.2, 0.25) is 0 Å². The smallest absolute Gasteiger partial charge is 0.165 e. The summed E-state index contributed by atoms with van der Waals surface area (Å²) in [6.07, 6.45) is 10.9. The van der Waals surface area contributed by atoms with E-state index < -0.39 is 0 Å². The number of nitrogens with zero attached hydrogens (tertiary/aromatic N) is 6. The predicted molar refractivity (Wildman–Crippen MR) is 229 cm³/mol. The number of hydrogen-bond acceptors (Lipinski definition) is 4. The molecule has 0 atom stereocenters. The first-order valence-electron chi connectivity index (χ1n) is 19.0. The minimum absolute atomic E-state index is 0.572. The van der Waals surface area contributed by atoms with E-state index in [4.69, 9.17) is 19.9 Å². The average Bonchev–Trinajstić information content (AvgIpc) is 3.78. The van der Waals surface area contributed by atoms with Crippen LogP contribution in [-0.2, 0) is 0 Å². The van der Waals surface area contributed by atoms with Crippen molar-refractivity contribution in [2.45, 2.75) is 12.8 Å². The molecule has 264 valence electrons. The molecule has 0 N–H and O–H groups in total. The molecule has 6 nitrogen and oxygen atoms in total. The van der Waals surface area contributed by atoms with Crippen molar-refractivity contribution in [3.8, 4) is 51.1 Å². The lowest BCUT2D eigenvalue weighted by Crippen LogP contribution is -2.02. The van der Waals surface area contributed by atoms with Gasteiger partial charge in [-0.1, -0.05) is 133 Å². The Morgan fingerprint density at radius 2 is 0.911 bits per heavy atom. The largest absolute Gasteiger partial charge is 0.310 e. The van der Waals surface area contributed by atoms with Crippen LogP contribution >= 0.6 is 0 Å². The first kappa shape index (κ1) is 32.0. The maximum atomic E-state index is 5.12. The van der Waals surface area contributed by atoms with Gasteiger partial charge in [-0.15, -0.1) is 0 Å². The van der Waals surface area contributed by atoms with Crippen LogP contribution in [0.3, 0.4) is 0 Å². The maximum absolute atomic E-state index is 5.12. The third kappa shape index (κ3) is 5.34. The third-order valence-electron chi connectivity index (χ3n) is 10.9. The minimum atomic E-state index is 0.572. The van der Waals surface area contributed by atoms with E-state index in [1.165, 1.54) is 43.8 Å². The summed E-state index contributed by atoms with van der Waals surface area (Å²) in [6.45, 7) is 0. The van der Waals surface area contributed by atoms with Gasteiger partial charge in [0.15, 0.2) is 17.5 Å². The fourth-order valence-electron chi connectivity index (χ4n) is 8.16. The zero-order chi connectivity index (χ0) is 37.0. The normalized spacial score (nSPS) is 12.9. The SMILES string of the molecule is C1=CC(n2c3ccccc3c3cc4c5ccccc5n(-c5ccc(-c6nc(-c7ccccc7)nc(-c7ccc(-c8ccccc8)cc7)n6)cn5)c4cc32)=CCC1. The molecular formula is C50H34N6. The lowest BCUT2D eigenvalue weighted by Gasteiger charge is -2.13. The number of fused-ring (bicyclic) bond motifs is 6. The summed E-state index contributed by atoms with van der Waals surface area (Å²) >= 11 is 0. The van der Waals surface area contributed by atoms with Gasteiger partial charge < -0.3 is 4.57 Å². The van der Waals surface area contributed by atoms with Crippen LogP contribution in [-0.4, -0.2) is 29.1 Å². The van der Waals surface area contributed by atoms with Crippen molar-refractivity contribution < 1.29 is 0 Å². The van der Waals surface area contributed by atoms with Crippen molar-refractivity contribution in [3.05, 3.63) is 182 Å². The van der Waals surface area contributed by atoms with E-state index in [2.05, 4.69) is 149 Å². The Balaban J connectivity index is 1.05. The second-order valence-electron chi connectivity index (χ2n) is 14.2. The zero-order valence-electron chi connectivity index (χ0n) is 30.4. The van der Waals surface area contributed by atoms with Crippen LogP contribution in [0.5, 0.6) is 0 Å². The Bertz CT molecular complexity index is 3150. The van der Waals surface area contributed by atoms with Crippen molar-refractivity contribution >= 4 is 49.3 Å². The maximum Gasteiger partial charge on any atom is 0.165 e. The molecule has 11 rings (SSSR count). The first-order valence-corrected chi connectivity index (χ1v) is 19.0. The summed E-state index contributed by atoms with van der Waals surface area (Å²) in [5, 5.41) is 4.88. The Kier molecular flexibility index (Phi) is 7.52. The number of para-hydroxylation sites is 2. The topological polar surface area (TPSA) is 61.4 Å². The first-order chi connectivity index (χ1) is 27.8. The molecule has 0 radical (unpaired) electrons. The molecule has 6 aromatic carbocycles. The molecule has 0 unspecified atom stereocenters. The van der Waals surface area contributed by atoms with Gasteiger partial charge >= 0.3 is 0 Å². The Morgan fingerprint density at radius 1 is 0.393 bits per heavy atom. The number of hydrogen-bond donors (Lipinski definition) is 0. The zero-order valence-corrected chi connectivity index (χ0v) is 30.4. The molecule has 10 aromatic rings. The van der Waals surface area contributed by atoms with E-state index in [1.807, 2.05) is 42.6 Å². The van der Waals surface area contributed by atoms with Gasteiger partial charge in [0.05, 0.1) is 22.1 Å². The number of aromatic nitrogens is 6. The van der Waals surface area contributed by atoms with Crippen LogP contribution in [0.4, 0.5) is 0 Å². The molecule has 0 fully saturated rings. The molecule has 1 aliphatic rings. The number of rotatable bonds is 6. The van der Waals surface area contributed by atoms with Crippen LogP contribution in [0.1, 0.15) is 12.8 Å². The molecule has 0 bridgehead atoms. The quantitative estimate of drug-likeness (QED) is 0.172. The predicted octanol–water partition coefficient (Wildman–Crippen LogP) is 12.3. The van der Waals surface area contributed by atoms with E-state index >= 15 is 0 Å². The molecule has 1 aliphatic carbocycles. The highest BCUT2D eigenvalue weighted by molar-refractivity contribution is 6.19. The summed E-state index contributed by atoms with van der Waals surface area (Å²) in [6, 6.07) is 55.1. The van der Waals surface area contributed by atoms with Crippen LogP contribution in [0.15, 0.2) is 182 Å². The summed E-state index contributed by atoms with van der Waals surface area (Å²) in [5.74, 6) is 2.63. The van der Waals surface area contributed by atoms with Crippen molar-refractivity contribution in [2.75, 3.05) is 0 Å². The fraction of sp³-hybridized carbons (Fsp3) is 0.0400. The molecule has 0 spiro atoms. The molecule has 0 aliphatic heterocycles. The van der Waals surface area contributed by atoms with E-state index in [1.54, 1.807) is 0 Å². The summed E-state index contributed by atoms with van der Waals surface area (Å²) < 4.78 is 4.69. The highest BCUT2D eigenvalue weighted by Gasteiger charge is 2.20. The van der Waals surface area contributed by atoms with Gasteiger partial charge in [0.25, 0.3) is 0 Å². The summed E-state index contributed by atoms with van der Waals surface area (Å²) in [7, 11) is 0. The van der Waals surface area contributed by atoms with Gasteiger partial charge in [0, 0.05) is 50.1 Å². The van der Waals surface area contributed by atoms with Gasteiger partial charge in [0.2, 0.25) is 0 Å². The Labute approximate surface area is 323 Å². The molecule has 4 aromatic heterocycles. The van der Waals surface area contributed by atoms with E-state index in [-0.39, 0.29) is 0 Å². The van der Waals surface area contributed by atoms with Crippen molar-refractivity contribution in [1.29, 1.82) is 0 Å². The van der Waals surface area contributed by atoms with Gasteiger partial charge in [0.1, 0.15) is 5.82 Å².